The number of hydrogen-bond acceptors (Lipinski definition) is 2. The highest BCUT2D eigenvalue weighted by molar-refractivity contribution is 7.99. The van der Waals surface area contributed by atoms with Crippen molar-refractivity contribution in [2.75, 3.05) is 6.54 Å². The third-order valence-corrected chi connectivity index (χ3v) is 3.34. The van der Waals surface area contributed by atoms with E-state index in [1.165, 1.54) is 6.07 Å². The highest BCUT2D eigenvalue weighted by Gasteiger charge is 2.05. The Morgan fingerprint density at radius 1 is 1.57 bits per heavy atom. The van der Waals surface area contributed by atoms with Crippen LogP contribution in [-0.2, 0) is 5.75 Å². The van der Waals surface area contributed by atoms with Crippen LogP contribution in [0.1, 0.15) is 12.5 Å². The van der Waals surface area contributed by atoms with Crippen molar-refractivity contribution in [1.82, 2.24) is 0 Å². The van der Waals surface area contributed by atoms with Crippen molar-refractivity contribution >= 4 is 23.4 Å². The molecule has 1 aromatic carbocycles. The summed E-state index contributed by atoms with van der Waals surface area (Å²) in [5.74, 6) is 0.413. The molecule has 0 amide bonds. The third-order valence-electron chi connectivity index (χ3n) is 1.86. The standard InChI is InChI=1S/C10H13ClFNS/c1-7(5-13)14-6-8-4-9(11)2-3-10(8)12/h2-4,7H,5-6,13H2,1H3. The van der Waals surface area contributed by atoms with Gasteiger partial charge in [-0.2, -0.15) is 11.8 Å². The predicted molar refractivity (Wildman–Crippen MR) is 61.2 cm³/mol. The number of thioether (sulfide) groups is 1. The van der Waals surface area contributed by atoms with Gasteiger partial charge in [-0.3, -0.25) is 0 Å². The van der Waals surface area contributed by atoms with Crippen molar-refractivity contribution < 1.29 is 4.39 Å². The fraction of sp³-hybridized carbons (Fsp3) is 0.400. The van der Waals surface area contributed by atoms with Crippen LogP contribution in [0.2, 0.25) is 5.02 Å². The Morgan fingerprint density at radius 3 is 2.93 bits per heavy atom. The summed E-state index contributed by atoms with van der Waals surface area (Å²) in [6.07, 6.45) is 0. The quantitative estimate of drug-likeness (QED) is 0.865. The summed E-state index contributed by atoms with van der Waals surface area (Å²) in [7, 11) is 0. The van der Waals surface area contributed by atoms with Crippen molar-refractivity contribution in [3.05, 3.63) is 34.6 Å². The summed E-state index contributed by atoms with van der Waals surface area (Å²) < 4.78 is 13.2. The Kier molecular flexibility index (Phi) is 4.72. The van der Waals surface area contributed by atoms with Crippen molar-refractivity contribution in [3.8, 4) is 0 Å². The fourth-order valence-corrected chi connectivity index (χ4v) is 1.97. The molecule has 0 fully saturated rings. The minimum absolute atomic E-state index is 0.203. The lowest BCUT2D eigenvalue weighted by atomic mass is 10.2. The summed E-state index contributed by atoms with van der Waals surface area (Å²) in [4.78, 5) is 0. The predicted octanol–water partition coefficient (Wildman–Crippen LogP) is 3.06. The molecule has 0 spiro atoms. The summed E-state index contributed by atoms with van der Waals surface area (Å²) >= 11 is 7.39. The summed E-state index contributed by atoms with van der Waals surface area (Å²) in [6.45, 7) is 2.62. The molecule has 0 saturated carbocycles. The van der Waals surface area contributed by atoms with E-state index in [4.69, 9.17) is 17.3 Å². The molecule has 0 aliphatic rings. The molecule has 1 unspecified atom stereocenters. The van der Waals surface area contributed by atoms with Crippen LogP contribution >= 0.6 is 23.4 Å². The summed E-state index contributed by atoms with van der Waals surface area (Å²) in [5.41, 5.74) is 6.10. The van der Waals surface area contributed by atoms with Gasteiger partial charge in [0.1, 0.15) is 5.82 Å². The van der Waals surface area contributed by atoms with Crippen LogP contribution in [0.5, 0.6) is 0 Å². The van der Waals surface area contributed by atoms with Crippen LogP contribution in [0.4, 0.5) is 4.39 Å². The van der Waals surface area contributed by atoms with Crippen molar-refractivity contribution in [2.45, 2.75) is 17.9 Å². The van der Waals surface area contributed by atoms with E-state index in [0.717, 1.165) is 0 Å². The van der Waals surface area contributed by atoms with Crippen molar-refractivity contribution in [2.24, 2.45) is 5.73 Å². The molecular weight excluding hydrogens is 221 g/mol. The van der Waals surface area contributed by atoms with E-state index in [-0.39, 0.29) is 5.82 Å². The fourth-order valence-electron chi connectivity index (χ4n) is 0.954. The highest BCUT2D eigenvalue weighted by atomic mass is 35.5. The molecule has 4 heteroatoms. The zero-order chi connectivity index (χ0) is 10.6. The molecule has 14 heavy (non-hydrogen) atoms. The van der Waals surface area contributed by atoms with Crippen LogP contribution in [0.3, 0.4) is 0 Å². The zero-order valence-electron chi connectivity index (χ0n) is 7.97. The zero-order valence-corrected chi connectivity index (χ0v) is 9.54. The minimum Gasteiger partial charge on any atom is -0.329 e. The van der Waals surface area contributed by atoms with Crippen LogP contribution in [0.25, 0.3) is 0 Å². The Hall–Kier alpha value is -0.250. The minimum atomic E-state index is -0.203. The monoisotopic (exact) mass is 233 g/mol. The van der Waals surface area contributed by atoms with Crippen LogP contribution in [-0.4, -0.2) is 11.8 Å². The van der Waals surface area contributed by atoms with Gasteiger partial charge in [-0.25, -0.2) is 4.39 Å². The van der Waals surface area contributed by atoms with Gasteiger partial charge in [-0.05, 0) is 23.8 Å². The van der Waals surface area contributed by atoms with E-state index in [1.54, 1.807) is 23.9 Å². The molecular formula is C10H13ClFNS. The second-order valence-electron chi connectivity index (χ2n) is 3.09. The van der Waals surface area contributed by atoms with Gasteiger partial charge in [0.2, 0.25) is 0 Å². The topological polar surface area (TPSA) is 26.0 Å². The van der Waals surface area contributed by atoms with E-state index in [2.05, 4.69) is 0 Å². The van der Waals surface area contributed by atoms with Gasteiger partial charge in [0.05, 0.1) is 0 Å². The maximum absolute atomic E-state index is 13.2. The molecule has 78 valence electrons. The Labute approximate surface area is 92.8 Å². The molecule has 1 atom stereocenters. The highest BCUT2D eigenvalue weighted by Crippen LogP contribution is 2.22. The maximum atomic E-state index is 13.2. The summed E-state index contributed by atoms with van der Waals surface area (Å²) in [6, 6.07) is 4.61. The van der Waals surface area contributed by atoms with Gasteiger partial charge in [0, 0.05) is 22.6 Å². The number of hydrogen-bond donors (Lipinski definition) is 1. The van der Waals surface area contributed by atoms with Gasteiger partial charge < -0.3 is 5.73 Å². The lowest BCUT2D eigenvalue weighted by Gasteiger charge is -2.08. The molecule has 0 heterocycles. The average molecular weight is 234 g/mol. The van der Waals surface area contributed by atoms with Crippen molar-refractivity contribution in [1.29, 1.82) is 0 Å². The molecule has 0 bridgehead atoms. The van der Waals surface area contributed by atoms with Gasteiger partial charge in [-0.1, -0.05) is 18.5 Å². The molecule has 0 aliphatic heterocycles. The number of halogens is 2. The Morgan fingerprint density at radius 2 is 2.29 bits per heavy atom. The molecule has 1 rings (SSSR count). The van der Waals surface area contributed by atoms with E-state index in [9.17, 15) is 4.39 Å². The van der Waals surface area contributed by atoms with Gasteiger partial charge in [0.25, 0.3) is 0 Å². The van der Waals surface area contributed by atoms with Crippen LogP contribution in [0, 0.1) is 5.82 Å². The number of nitrogens with two attached hydrogens (primary N) is 1. The molecule has 1 nitrogen and oxygen atoms in total. The van der Waals surface area contributed by atoms with Crippen LogP contribution < -0.4 is 5.73 Å². The Bertz CT molecular complexity index is 306. The van der Waals surface area contributed by atoms with Gasteiger partial charge >= 0.3 is 0 Å². The molecule has 0 aromatic heterocycles. The molecule has 0 aliphatic carbocycles. The van der Waals surface area contributed by atoms with Crippen LogP contribution in [0.15, 0.2) is 18.2 Å². The van der Waals surface area contributed by atoms with Gasteiger partial charge in [-0.15, -0.1) is 0 Å². The SMILES string of the molecule is CC(CN)SCc1cc(Cl)ccc1F. The molecule has 1 aromatic rings. The van der Waals surface area contributed by atoms with E-state index in [0.29, 0.717) is 28.1 Å². The first-order valence-corrected chi connectivity index (χ1v) is 5.81. The van der Waals surface area contributed by atoms with E-state index >= 15 is 0 Å². The second kappa shape index (κ2) is 5.59. The Balaban J connectivity index is 2.62. The lowest BCUT2D eigenvalue weighted by Crippen LogP contribution is -2.12. The molecule has 2 N–H and O–H groups in total. The largest absolute Gasteiger partial charge is 0.329 e. The first kappa shape index (κ1) is 11.8. The first-order valence-electron chi connectivity index (χ1n) is 4.39. The molecule has 0 saturated heterocycles. The maximum Gasteiger partial charge on any atom is 0.127 e. The van der Waals surface area contributed by atoms with E-state index in [1.807, 2.05) is 6.92 Å². The smallest absolute Gasteiger partial charge is 0.127 e. The third kappa shape index (κ3) is 3.48. The normalized spacial score (nSPS) is 12.9. The van der Waals surface area contributed by atoms with Crippen molar-refractivity contribution in [3.63, 3.8) is 0 Å². The number of rotatable bonds is 4. The summed E-state index contributed by atoms with van der Waals surface area (Å²) in [5, 5.41) is 0.913. The van der Waals surface area contributed by atoms with E-state index < -0.39 is 0 Å². The first-order chi connectivity index (χ1) is 6.63. The number of benzene rings is 1. The van der Waals surface area contributed by atoms with Gasteiger partial charge in [0.15, 0.2) is 0 Å². The lowest BCUT2D eigenvalue weighted by molar-refractivity contribution is 0.617. The second-order valence-corrected chi connectivity index (χ2v) is 4.96. The molecule has 0 radical (unpaired) electrons. The average Bonchev–Trinajstić information content (AvgIpc) is 2.19.